The van der Waals surface area contributed by atoms with E-state index in [0.29, 0.717) is 12.6 Å². The number of hydrogen-bond acceptors (Lipinski definition) is 2. The van der Waals surface area contributed by atoms with Crippen LogP contribution in [-0.2, 0) is 0 Å². The average Bonchev–Trinajstić information content (AvgIpc) is 2.17. The Labute approximate surface area is 92.2 Å². The van der Waals surface area contributed by atoms with E-state index in [1.807, 2.05) is 0 Å². The Morgan fingerprint density at radius 3 is 2.93 bits per heavy atom. The van der Waals surface area contributed by atoms with Crippen LogP contribution in [0, 0.1) is 0 Å². The SMILES string of the molecule is CC1(F)CCCN(CC2CCCCN2)C1. The van der Waals surface area contributed by atoms with Crippen molar-refractivity contribution in [2.24, 2.45) is 0 Å². The van der Waals surface area contributed by atoms with E-state index in [2.05, 4.69) is 10.2 Å². The zero-order chi connectivity index (χ0) is 10.7. The predicted molar refractivity (Wildman–Crippen MR) is 60.8 cm³/mol. The van der Waals surface area contributed by atoms with Gasteiger partial charge in [-0.2, -0.15) is 0 Å². The van der Waals surface area contributed by atoms with Crippen LogP contribution in [0.2, 0.25) is 0 Å². The van der Waals surface area contributed by atoms with Gasteiger partial charge in [0, 0.05) is 19.1 Å². The topological polar surface area (TPSA) is 15.3 Å². The number of rotatable bonds is 2. The number of nitrogens with one attached hydrogen (secondary N) is 1. The summed E-state index contributed by atoms with van der Waals surface area (Å²) < 4.78 is 13.8. The lowest BCUT2D eigenvalue weighted by Gasteiger charge is -2.38. The molecule has 2 fully saturated rings. The minimum absolute atomic E-state index is 0.604. The molecule has 15 heavy (non-hydrogen) atoms. The van der Waals surface area contributed by atoms with Gasteiger partial charge in [-0.05, 0) is 45.7 Å². The van der Waals surface area contributed by atoms with Gasteiger partial charge in [-0.1, -0.05) is 6.42 Å². The van der Waals surface area contributed by atoms with Crippen molar-refractivity contribution in [2.75, 3.05) is 26.2 Å². The van der Waals surface area contributed by atoms with Crippen LogP contribution in [0.15, 0.2) is 0 Å². The molecule has 88 valence electrons. The van der Waals surface area contributed by atoms with Crippen LogP contribution in [0.5, 0.6) is 0 Å². The Morgan fingerprint density at radius 1 is 1.40 bits per heavy atom. The van der Waals surface area contributed by atoms with Gasteiger partial charge in [-0.15, -0.1) is 0 Å². The van der Waals surface area contributed by atoms with Crippen LogP contribution in [0.4, 0.5) is 4.39 Å². The Morgan fingerprint density at radius 2 is 2.27 bits per heavy atom. The van der Waals surface area contributed by atoms with Gasteiger partial charge in [0.15, 0.2) is 0 Å². The number of halogens is 1. The van der Waals surface area contributed by atoms with Crippen LogP contribution in [-0.4, -0.2) is 42.8 Å². The third-order valence-corrected chi connectivity index (χ3v) is 3.62. The molecule has 2 aliphatic rings. The molecule has 0 aromatic rings. The molecule has 2 atom stereocenters. The van der Waals surface area contributed by atoms with E-state index in [0.717, 1.165) is 32.5 Å². The Bertz CT molecular complexity index is 200. The summed E-state index contributed by atoms with van der Waals surface area (Å²) in [6, 6.07) is 0.604. The second-order valence-corrected chi connectivity index (χ2v) is 5.40. The molecular weight excluding hydrogens is 191 g/mol. The van der Waals surface area contributed by atoms with E-state index in [1.54, 1.807) is 6.92 Å². The van der Waals surface area contributed by atoms with E-state index in [-0.39, 0.29) is 0 Å². The van der Waals surface area contributed by atoms with E-state index in [9.17, 15) is 4.39 Å². The van der Waals surface area contributed by atoms with Gasteiger partial charge in [-0.25, -0.2) is 4.39 Å². The Balaban J connectivity index is 1.78. The maximum atomic E-state index is 13.8. The number of piperidine rings is 2. The fourth-order valence-corrected chi connectivity index (χ4v) is 2.84. The van der Waals surface area contributed by atoms with Gasteiger partial charge < -0.3 is 5.32 Å². The van der Waals surface area contributed by atoms with Crippen LogP contribution in [0.25, 0.3) is 0 Å². The van der Waals surface area contributed by atoms with Crippen LogP contribution in [0.1, 0.15) is 39.0 Å². The summed E-state index contributed by atoms with van der Waals surface area (Å²) in [5, 5.41) is 3.53. The summed E-state index contributed by atoms with van der Waals surface area (Å²) in [5.74, 6) is 0. The third-order valence-electron chi connectivity index (χ3n) is 3.62. The number of nitrogens with zero attached hydrogens (tertiary/aromatic N) is 1. The van der Waals surface area contributed by atoms with Gasteiger partial charge >= 0.3 is 0 Å². The average molecular weight is 214 g/mol. The summed E-state index contributed by atoms with van der Waals surface area (Å²) in [4.78, 5) is 2.30. The highest BCUT2D eigenvalue weighted by atomic mass is 19.1. The molecule has 2 aliphatic heterocycles. The van der Waals surface area contributed by atoms with Crippen molar-refractivity contribution in [1.82, 2.24) is 10.2 Å². The fourth-order valence-electron chi connectivity index (χ4n) is 2.84. The van der Waals surface area contributed by atoms with E-state index >= 15 is 0 Å². The Kier molecular flexibility index (Phi) is 3.62. The summed E-state index contributed by atoms with van der Waals surface area (Å²) in [7, 11) is 0. The van der Waals surface area contributed by atoms with Crippen molar-refractivity contribution in [3.63, 3.8) is 0 Å². The van der Waals surface area contributed by atoms with Crippen LogP contribution < -0.4 is 5.32 Å². The van der Waals surface area contributed by atoms with E-state index in [1.165, 1.54) is 19.3 Å². The summed E-state index contributed by atoms with van der Waals surface area (Å²) in [5.41, 5.74) is -0.951. The van der Waals surface area contributed by atoms with Crippen LogP contribution >= 0.6 is 0 Å². The number of hydrogen-bond donors (Lipinski definition) is 1. The van der Waals surface area contributed by atoms with Crippen molar-refractivity contribution in [1.29, 1.82) is 0 Å². The van der Waals surface area contributed by atoms with Crippen molar-refractivity contribution in [3.05, 3.63) is 0 Å². The molecule has 2 heterocycles. The molecule has 0 spiro atoms. The first-order valence-corrected chi connectivity index (χ1v) is 6.30. The van der Waals surface area contributed by atoms with Gasteiger partial charge in [-0.3, -0.25) is 4.90 Å². The quantitative estimate of drug-likeness (QED) is 0.756. The molecule has 0 aliphatic carbocycles. The first-order chi connectivity index (χ1) is 7.16. The monoisotopic (exact) mass is 214 g/mol. The standard InChI is InChI=1S/C12H23FN2/c1-12(13)6-4-8-15(10-12)9-11-5-2-3-7-14-11/h11,14H,2-10H2,1H3. The summed E-state index contributed by atoms with van der Waals surface area (Å²) in [6.07, 6.45) is 5.65. The zero-order valence-corrected chi connectivity index (χ0v) is 9.77. The number of alkyl halides is 1. The first kappa shape index (κ1) is 11.3. The predicted octanol–water partition coefficient (Wildman–Crippen LogP) is 1.95. The van der Waals surface area contributed by atoms with Crippen molar-refractivity contribution in [3.8, 4) is 0 Å². The maximum Gasteiger partial charge on any atom is 0.120 e. The fraction of sp³-hybridized carbons (Fsp3) is 1.00. The molecule has 0 radical (unpaired) electrons. The minimum atomic E-state index is -0.951. The highest BCUT2D eigenvalue weighted by Gasteiger charge is 2.31. The molecule has 0 saturated carbocycles. The van der Waals surface area contributed by atoms with E-state index in [4.69, 9.17) is 0 Å². The molecule has 2 saturated heterocycles. The lowest BCUT2D eigenvalue weighted by atomic mass is 9.95. The second-order valence-electron chi connectivity index (χ2n) is 5.40. The van der Waals surface area contributed by atoms with Gasteiger partial charge in [0.2, 0.25) is 0 Å². The smallest absolute Gasteiger partial charge is 0.120 e. The first-order valence-electron chi connectivity index (χ1n) is 6.30. The molecule has 2 unspecified atom stereocenters. The second kappa shape index (κ2) is 4.79. The van der Waals surface area contributed by atoms with Crippen molar-refractivity contribution < 1.29 is 4.39 Å². The van der Waals surface area contributed by atoms with Gasteiger partial charge in [0.1, 0.15) is 5.67 Å². The molecule has 0 aromatic heterocycles. The molecule has 1 N–H and O–H groups in total. The van der Waals surface area contributed by atoms with Crippen molar-refractivity contribution >= 4 is 0 Å². The summed E-state index contributed by atoms with van der Waals surface area (Å²) >= 11 is 0. The zero-order valence-electron chi connectivity index (χ0n) is 9.77. The highest BCUT2D eigenvalue weighted by molar-refractivity contribution is 4.86. The molecule has 2 nitrogen and oxygen atoms in total. The normalized spacial score (nSPS) is 39.2. The molecule has 0 bridgehead atoms. The highest BCUT2D eigenvalue weighted by Crippen LogP contribution is 2.24. The minimum Gasteiger partial charge on any atom is -0.313 e. The lowest BCUT2D eigenvalue weighted by Crippen LogP contribution is -2.50. The molecule has 2 rings (SSSR count). The van der Waals surface area contributed by atoms with Crippen molar-refractivity contribution in [2.45, 2.75) is 50.7 Å². The molecular formula is C12H23FN2. The van der Waals surface area contributed by atoms with E-state index < -0.39 is 5.67 Å². The summed E-state index contributed by atoms with van der Waals surface area (Å²) in [6.45, 7) is 5.64. The largest absolute Gasteiger partial charge is 0.313 e. The lowest BCUT2D eigenvalue weighted by molar-refractivity contribution is 0.0532. The molecule has 0 amide bonds. The maximum absolute atomic E-state index is 13.8. The van der Waals surface area contributed by atoms with Gasteiger partial charge in [0.05, 0.1) is 0 Å². The molecule has 3 heteroatoms. The van der Waals surface area contributed by atoms with Crippen LogP contribution in [0.3, 0.4) is 0 Å². The van der Waals surface area contributed by atoms with Gasteiger partial charge in [0.25, 0.3) is 0 Å². The molecule has 0 aromatic carbocycles. The third kappa shape index (κ3) is 3.42. The number of likely N-dealkylation sites (tertiary alicyclic amines) is 1. The Hall–Kier alpha value is -0.150.